The Kier molecular flexibility index (Phi) is 9.27. The van der Waals surface area contributed by atoms with Crippen LogP contribution in [0.4, 0.5) is 0 Å². The van der Waals surface area contributed by atoms with Crippen molar-refractivity contribution in [2.75, 3.05) is 19.6 Å². The molecule has 2 atom stereocenters. The van der Waals surface area contributed by atoms with Crippen molar-refractivity contribution in [3.63, 3.8) is 0 Å². The maximum absolute atomic E-state index is 11.7. The van der Waals surface area contributed by atoms with E-state index in [0.29, 0.717) is 13.0 Å². The van der Waals surface area contributed by atoms with Crippen LogP contribution < -0.4 is 4.89 Å². The zero-order chi connectivity index (χ0) is 13.3. The molecule has 0 fully saturated rings. The summed E-state index contributed by atoms with van der Waals surface area (Å²) >= 11 is 0. The lowest BCUT2D eigenvalue weighted by atomic mass is 10.1. The van der Waals surface area contributed by atoms with E-state index in [0.717, 1.165) is 6.42 Å². The summed E-state index contributed by atoms with van der Waals surface area (Å²) < 4.78 is 10.2. The predicted octanol–water partition coefficient (Wildman–Crippen LogP) is 0.839. The number of hydrogen-bond acceptors (Lipinski definition) is 5. The third-order valence-corrected chi connectivity index (χ3v) is 3.30. The number of rotatable bonds is 8. The van der Waals surface area contributed by atoms with E-state index in [-0.39, 0.29) is 12.1 Å². The molecule has 6 heteroatoms. The van der Waals surface area contributed by atoms with Gasteiger partial charge in [-0.3, -0.25) is 4.79 Å². The van der Waals surface area contributed by atoms with E-state index >= 15 is 0 Å². The molecule has 0 bridgehead atoms. The Balaban J connectivity index is 5.02. The number of ether oxygens (including phenoxy) is 2. The molecular weight excluding hydrogens is 243 g/mol. The highest BCUT2D eigenvalue weighted by Gasteiger charge is 2.31. The van der Waals surface area contributed by atoms with Gasteiger partial charge in [-0.15, -0.1) is 0 Å². The maximum Gasteiger partial charge on any atom is 0.319 e. The van der Waals surface area contributed by atoms with Gasteiger partial charge in [0.25, 0.3) is 0 Å². The van der Waals surface area contributed by atoms with Gasteiger partial charge in [0.1, 0.15) is 13.7 Å². The van der Waals surface area contributed by atoms with Crippen molar-refractivity contribution < 1.29 is 24.3 Å². The number of aliphatic hydroxyl groups excluding tert-OH is 1. The molecule has 0 rings (SSSR count). The van der Waals surface area contributed by atoms with Crippen LogP contribution >= 0.6 is 7.77 Å². The minimum atomic E-state index is -2.04. The zero-order valence-corrected chi connectivity index (χ0v) is 11.5. The molecule has 0 amide bonds. The van der Waals surface area contributed by atoms with Crippen LogP contribution in [0.3, 0.4) is 0 Å². The van der Waals surface area contributed by atoms with Gasteiger partial charge < -0.3 is 19.5 Å². The fraction of sp³-hybridized carbons (Fsp3) is 0.818. The predicted molar refractivity (Wildman–Crippen MR) is 65.7 cm³/mol. The Morgan fingerprint density at radius 2 is 1.88 bits per heavy atom. The molecule has 0 saturated carbocycles. The highest BCUT2D eigenvalue weighted by molar-refractivity contribution is 7.51. The Bertz CT molecular complexity index is 265. The summed E-state index contributed by atoms with van der Waals surface area (Å²) in [5.74, 6) is -1.08. The summed E-state index contributed by atoms with van der Waals surface area (Å²) in [5.41, 5.74) is 0.158. The fourth-order valence-corrected chi connectivity index (χ4v) is 2.43. The number of hydrogen-bond donors (Lipinski definition) is 1. The molecule has 5 nitrogen and oxygen atoms in total. The first-order valence-electron chi connectivity index (χ1n) is 5.84. The average Bonchev–Trinajstić information content (AvgIpc) is 2.33. The van der Waals surface area contributed by atoms with Crippen LogP contribution in [0.25, 0.3) is 0 Å². The third kappa shape index (κ3) is 5.59. The molecule has 0 aliphatic heterocycles. The molecule has 0 radical (unpaired) electrons. The van der Waals surface area contributed by atoms with Crippen molar-refractivity contribution in [3.05, 3.63) is 0 Å². The molecule has 0 aromatic carbocycles. The summed E-state index contributed by atoms with van der Waals surface area (Å²) in [6.07, 6.45) is 0.744. The van der Waals surface area contributed by atoms with Gasteiger partial charge in [0.15, 0.2) is 0 Å². The van der Waals surface area contributed by atoms with Crippen LogP contribution in [-0.2, 0) is 14.3 Å². The van der Waals surface area contributed by atoms with E-state index < -0.39 is 26.0 Å². The lowest BCUT2D eigenvalue weighted by Gasteiger charge is -2.15. The van der Waals surface area contributed by atoms with Gasteiger partial charge in [-0.05, 0) is 20.3 Å². The van der Waals surface area contributed by atoms with Gasteiger partial charge in [-0.25, -0.2) is 0 Å². The monoisotopic (exact) mass is 264 g/mol. The van der Waals surface area contributed by atoms with E-state index in [1.54, 1.807) is 13.8 Å². The standard InChI is InChI=1S/C11H21O5P/c1-4-7-9(10(13)15-5-2)11(16-6-3)17(14)8-12/h9,12H,4-8H2,1-3H3. The Labute approximate surface area is 103 Å². The molecular formula is C11H21O5P. The normalized spacial score (nSPS) is 14.2. The van der Waals surface area contributed by atoms with E-state index in [9.17, 15) is 9.69 Å². The highest BCUT2D eigenvalue weighted by Crippen LogP contribution is 2.23. The molecule has 0 aromatic rings. The van der Waals surface area contributed by atoms with Gasteiger partial charge in [-0.1, -0.05) is 13.3 Å². The Morgan fingerprint density at radius 1 is 1.29 bits per heavy atom. The maximum atomic E-state index is 11.7. The lowest BCUT2D eigenvalue weighted by molar-refractivity contribution is -0.157. The van der Waals surface area contributed by atoms with Gasteiger partial charge in [-0.2, -0.15) is 0 Å². The van der Waals surface area contributed by atoms with E-state index in [1.807, 2.05) is 6.92 Å². The largest absolute Gasteiger partial charge is 0.627 e. The average molecular weight is 264 g/mol. The summed E-state index contributed by atoms with van der Waals surface area (Å²) in [4.78, 5) is 23.4. The number of carbonyl (C=O) groups excluding carboxylic acids is 1. The summed E-state index contributed by atoms with van der Waals surface area (Å²) in [7, 11) is -2.04. The van der Waals surface area contributed by atoms with Gasteiger partial charge in [0, 0.05) is 0 Å². The Morgan fingerprint density at radius 3 is 2.29 bits per heavy atom. The fourth-order valence-electron chi connectivity index (χ4n) is 1.44. The molecule has 0 spiro atoms. The van der Waals surface area contributed by atoms with Crippen molar-refractivity contribution in [2.24, 2.45) is 5.92 Å². The third-order valence-electron chi connectivity index (χ3n) is 2.11. The molecule has 0 saturated heterocycles. The molecule has 100 valence electrons. The van der Waals surface area contributed by atoms with Crippen LogP contribution in [-0.4, -0.2) is 36.1 Å². The molecule has 1 N–H and O–H groups in total. The molecule has 0 aliphatic carbocycles. The zero-order valence-electron chi connectivity index (χ0n) is 10.6. The van der Waals surface area contributed by atoms with Crippen LogP contribution in [0.5, 0.6) is 0 Å². The van der Waals surface area contributed by atoms with Gasteiger partial charge >= 0.3 is 5.97 Å². The minimum Gasteiger partial charge on any atom is -0.627 e. The van der Waals surface area contributed by atoms with Crippen LogP contribution in [0, 0.1) is 5.92 Å². The number of esters is 1. The molecule has 2 unspecified atom stereocenters. The van der Waals surface area contributed by atoms with Crippen molar-refractivity contribution in [1.82, 2.24) is 0 Å². The van der Waals surface area contributed by atoms with Crippen LogP contribution in [0.1, 0.15) is 33.6 Å². The first-order valence-corrected chi connectivity index (χ1v) is 7.28. The summed E-state index contributed by atoms with van der Waals surface area (Å²) in [6, 6.07) is 0. The molecule has 0 heterocycles. The second-order valence-electron chi connectivity index (χ2n) is 3.38. The number of aliphatic hydroxyl groups is 1. The second-order valence-corrected chi connectivity index (χ2v) is 4.87. The Hall–Kier alpha value is -0.480. The number of carbonyl (C=O) groups is 1. The van der Waals surface area contributed by atoms with Crippen molar-refractivity contribution in [2.45, 2.75) is 33.6 Å². The minimum absolute atomic E-state index is 0.158. The van der Waals surface area contributed by atoms with Crippen LogP contribution in [0.15, 0.2) is 0 Å². The highest BCUT2D eigenvalue weighted by atomic mass is 31.1. The summed E-state index contributed by atoms with van der Waals surface area (Å²) in [6.45, 7) is 5.97. The van der Waals surface area contributed by atoms with Crippen LogP contribution in [0.2, 0.25) is 0 Å². The second kappa shape index (κ2) is 9.54. The quantitative estimate of drug-likeness (QED) is 0.519. The van der Waals surface area contributed by atoms with Gasteiger partial charge in [0.2, 0.25) is 11.8 Å². The SMILES string of the molecule is CCCC(C(=O)OCC)C(OCC)=[P+]([O-])CO. The molecule has 0 aliphatic rings. The van der Waals surface area contributed by atoms with E-state index in [2.05, 4.69) is 0 Å². The lowest BCUT2D eigenvalue weighted by Crippen LogP contribution is -2.29. The van der Waals surface area contributed by atoms with Crippen molar-refractivity contribution >= 4 is 19.2 Å². The van der Waals surface area contributed by atoms with Gasteiger partial charge in [0.05, 0.1) is 13.2 Å². The molecule has 0 aromatic heterocycles. The van der Waals surface area contributed by atoms with Crippen molar-refractivity contribution in [1.29, 1.82) is 0 Å². The van der Waals surface area contributed by atoms with Crippen molar-refractivity contribution in [3.8, 4) is 0 Å². The smallest absolute Gasteiger partial charge is 0.319 e. The summed E-state index contributed by atoms with van der Waals surface area (Å²) in [5, 5.41) is 8.92. The van der Waals surface area contributed by atoms with E-state index in [1.165, 1.54) is 0 Å². The first-order chi connectivity index (χ1) is 8.12. The topological polar surface area (TPSA) is 78.8 Å². The molecule has 17 heavy (non-hydrogen) atoms. The first kappa shape index (κ1) is 16.5. The van der Waals surface area contributed by atoms with E-state index in [4.69, 9.17) is 14.6 Å².